The quantitative estimate of drug-likeness (QED) is 0.0154. The predicted molar refractivity (Wildman–Crippen MR) is 401 cm³/mol. The number of ether oxygens (including phenoxy) is 2. The largest absolute Gasteiger partial charge is 0.463 e. The molecule has 8 aromatic carbocycles. The van der Waals surface area contributed by atoms with E-state index in [4.69, 9.17) is 14.6 Å². The molecule has 0 aromatic heterocycles. The monoisotopic (exact) mass is 1360 g/mol. The van der Waals surface area contributed by atoms with Gasteiger partial charge >= 0.3 is 11.9 Å². The van der Waals surface area contributed by atoms with Gasteiger partial charge in [-0.1, -0.05) is 341 Å². The summed E-state index contributed by atoms with van der Waals surface area (Å²) in [6.45, 7) is 22.3. The molecule has 0 spiro atoms. The molecule has 5 atom stereocenters. The third kappa shape index (κ3) is 27.7. The van der Waals surface area contributed by atoms with Gasteiger partial charge in [0.1, 0.15) is 12.6 Å². The number of aliphatic hydroxyl groups excluding tert-OH is 1. The van der Waals surface area contributed by atoms with Crippen LogP contribution in [0.15, 0.2) is 299 Å². The van der Waals surface area contributed by atoms with Crippen LogP contribution in [-0.2, 0) is 28.7 Å². The molecule has 0 aliphatic carbocycles. The van der Waals surface area contributed by atoms with Gasteiger partial charge in [0.15, 0.2) is 0 Å². The number of halogens is 1. The van der Waals surface area contributed by atoms with E-state index in [1.807, 2.05) is 197 Å². The van der Waals surface area contributed by atoms with Gasteiger partial charge in [0.2, 0.25) is 0 Å². The average molecular weight is 1360 g/mol. The van der Waals surface area contributed by atoms with Crippen molar-refractivity contribution < 1.29 is 33.8 Å². The molecule has 0 aliphatic rings. The van der Waals surface area contributed by atoms with Gasteiger partial charge in [-0.15, -0.1) is 0 Å². The molecule has 8 rings (SSSR count). The number of rotatable bonds is 20. The Morgan fingerprint density at radius 2 is 0.696 bits per heavy atom. The smallest absolute Gasteiger partial charge is 0.334 e. The molecule has 1 N–H and O–H groups in total. The molecule has 0 unspecified atom stereocenters. The van der Waals surface area contributed by atoms with Gasteiger partial charge in [0.25, 0.3) is 0 Å². The number of benzene rings is 8. The number of hydrogen-bond donors (Lipinski definition) is 1. The first-order valence-electron chi connectivity index (χ1n) is 31.4. The lowest BCUT2D eigenvalue weighted by molar-refractivity contribution is -0.138. The number of carbonyl (C=O) groups is 4. The number of allylic oxidation sites excluding steroid dienone is 7. The van der Waals surface area contributed by atoms with E-state index in [0.29, 0.717) is 36.5 Å². The fourth-order valence-electron chi connectivity index (χ4n) is 9.75. The molecule has 0 heterocycles. The Hall–Kier alpha value is -8.27. The van der Waals surface area contributed by atoms with Gasteiger partial charge in [-0.25, -0.2) is 9.59 Å². The molecule has 482 valence electrons. The van der Waals surface area contributed by atoms with Crippen LogP contribution in [0.2, 0.25) is 0 Å². The van der Waals surface area contributed by atoms with Crippen molar-refractivity contribution >= 4 is 75.2 Å². The molecule has 0 fully saturated rings. The van der Waals surface area contributed by atoms with E-state index in [2.05, 4.69) is 179 Å². The third-order valence-electron chi connectivity index (χ3n) is 14.8. The maximum absolute atomic E-state index is 12.9. The first kappa shape index (κ1) is 78.0. The number of aliphatic hydroxyl groups is 1. The number of aldehydes is 2. The van der Waals surface area contributed by atoms with Crippen LogP contribution in [0.4, 0.5) is 0 Å². The molecule has 0 radical (unpaired) electrons. The van der Waals surface area contributed by atoms with Crippen LogP contribution in [-0.4, -0.2) is 54.7 Å². The number of esters is 2. The van der Waals surface area contributed by atoms with Gasteiger partial charge in [0, 0.05) is 16.8 Å². The van der Waals surface area contributed by atoms with E-state index in [-0.39, 0.29) is 30.4 Å². The van der Waals surface area contributed by atoms with Crippen LogP contribution in [0.25, 0.3) is 0 Å². The second kappa shape index (κ2) is 45.1. The Morgan fingerprint density at radius 3 is 0.989 bits per heavy atom. The molecular formula is C83H96IO7P. The summed E-state index contributed by atoms with van der Waals surface area (Å²) in [5.74, 6) is 0.984. The van der Waals surface area contributed by atoms with Crippen molar-refractivity contribution in [2.75, 3.05) is 19.8 Å². The van der Waals surface area contributed by atoms with Crippen molar-refractivity contribution in [1.29, 1.82) is 0 Å². The van der Waals surface area contributed by atoms with Gasteiger partial charge in [0.05, 0.1) is 19.8 Å². The summed E-state index contributed by atoms with van der Waals surface area (Å²) in [5, 5.41) is 13.1. The van der Waals surface area contributed by atoms with E-state index in [0.717, 1.165) is 50.5 Å². The summed E-state index contributed by atoms with van der Waals surface area (Å²) < 4.78 is 12.4. The summed E-state index contributed by atoms with van der Waals surface area (Å²) >= 11 is 2.24. The Morgan fingerprint density at radius 1 is 0.413 bits per heavy atom. The fourth-order valence-corrected chi connectivity index (χ4v) is 14.6. The van der Waals surface area contributed by atoms with E-state index in [1.54, 1.807) is 6.92 Å². The Labute approximate surface area is 564 Å². The molecule has 9 heteroatoms. The SMILES string of the molecule is C/C(=C\[C@H](C)c1ccccc1)CO.C/C(C=O)=C\[C@H](C)c1ccccc1.CC(/C=C\I)=C\[C@H](C)c1ccccc1.CCOC(=O)/C(C)=C/[C@H](C)c1ccccc1.CCOC(=O)C(C)=P(c1ccccc1)(c1ccccc1)c1ccccc1.C[C@@H](C=O)c1ccccc1. The topological polar surface area (TPSA) is 107 Å². The summed E-state index contributed by atoms with van der Waals surface area (Å²) in [5.41, 5.74) is 9.97. The van der Waals surface area contributed by atoms with Crippen LogP contribution in [0.3, 0.4) is 0 Å². The van der Waals surface area contributed by atoms with Gasteiger partial charge in [-0.05, 0) is 132 Å². The highest BCUT2D eigenvalue weighted by molar-refractivity contribution is 14.1. The van der Waals surface area contributed by atoms with Crippen molar-refractivity contribution in [3.05, 3.63) is 327 Å². The molecule has 7 nitrogen and oxygen atoms in total. The zero-order chi connectivity index (χ0) is 67.5. The lowest BCUT2D eigenvalue weighted by Crippen LogP contribution is -2.33. The van der Waals surface area contributed by atoms with E-state index < -0.39 is 6.89 Å². The van der Waals surface area contributed by atoms with Crippen molar-refractivity contribution in [1.82, 2.24) is 0 Å². The zero-order valence-corrected chi connectivity index (χ0v) is 59.0. The first-order valence-corrected chi connectivity index (χ1v) is 34.4. The van der Waals surface area contributed by atoms with Crippen LogP contribution in [0, 0.1) is 0 Å². The van der Waals surface area contributed by atoms with Crippen molar-refractivity contribution in [2.24, 2.45) is 0 Å². The molecule has 92 heavy (non-hydrogen) atoms. The van der Waals surface area contributed by atoms with Crippen LogP contribution < -0.4 is 15.9 Å². The van der Waals surface area contributed by atoms with E-state index >= 15 is 0 Å². The predicted octanol–water partition coefficient (Wildman–Crippen LogP) is 19.4. The molecular weight excluding hydrogens is 1270 g/mol. The Bertz CT molecular complexity index is 3460. The Balaban J connectivity index is 0.000000297. The first-order chi connectivity index (χ1) is 44.4. The second-order valence-corrected chi connectivity index (χ2v) is 26.4. The van der Waals surface area contributed by atoms with Crippen LogP contribution in [0.1, 0.15) is 140 Å². The maximum atomic E-state index is 12.9. The summed E-state index contributed by atoms with van der Waals surface area (Å²) in [6, 6.07) is 81.8. The van der Waals surface area contributed by atoms with Crippen molar-refractivity contribution in [3.63, 3.8) is 0 Å². The third-order valence-corrected chi connectivity index (χ3v) is 19.5. The minimum Gasteiger partial charge on any atom is -0.463 e. The van der Waals surface area contributed by atoms with Gasteiger partial charge in [-0.2, -0.15) is 0 Å². The minimum atomic E-state index is -2.29. The lowest BCUT2D eigenvalue weighted by Gasteiger charge is -2.31. The highest BCUT2D eigenvalue weighted by Crippen LogP contribution is 2.46. The molecule has 0 saturated carbocycles. The standard InChI is InChI=1S/C23H23O2P.C14H18O2.C13H15I.C12H16O.C12H14O.C9H10O/c1-3-25-23(24)19(2)26(20-13-7-4-8-14-20,21-15-9-5-10-16-21)22-17-11-6-12-18-22;1-4-16-14(15)12(3)10-11(2)13-8-6-5-7-9-13;1-11(8-9-14)10-12(2)13-6-4-3-5-7-13;2*1-10(9-13)8-11(2)12-6-4-3-5-7-12;1-8(7-10)9-5-3-2-4-6-9/h4-18H,3H2,1-2H3;5-11H,4H2,1-3H3;3-10,12H,1-2H3;3-8,11,13H,9H2,1-2H3;3-9,11H,1-2H3;2-8H,1H3/b;12-10+;9-8-,11-10+;2*10-8+;/t;11-;12-;2*11-;8-/m.00000/s1. The fraction of sp³-hybridized carbons (Fsp3) is 0.241. The van der Waals surface area contributed by atoms with Crippen molar-refractivity contribution in [3.8, 4) is 0 Å². The average Bonchev–Trinajstić information content (AvgIpc) is 0.747. The number of carbonyl (C=O) groups excluding carboxylic acids is 4. The molecule has 0 amide bonds. The summed E-state index contributed by atoms with van der Waals surface area (Å²) in [6.07, 6.45) is 12.3. The summed E-state index contributed by atoms with van der Waals surface area (Å²) in [7, 11) is 0. The lowest BCUT2D eigenvalue weighted by atomic mass is 9.99. The zero-order valence-electron chi connectivity index (χ0n) is 55.9. The van der Waals surface area contributed by atoms with Gasteiger partial charge < -0.3 is 19.4 Å². The molecule has 8 aromatic rings. The molecule has 0 saturated heterocycles. The maximum Gasteiger partial charge on any atom is 0.334 e. The van der Waals surface area contributed by atoms with E-state index in [9.17, 15) is 19.2 Å². The van der Waals surface area contributed by atoms with E-state index in [1.165, 1.54) is 27.8 Å². The summed E-state index contributed by atoms with van der Waals surface area (Å²) in [4.78, 5) is 45.0. The number of hydrogen-bond acceptors (Lipinski definition) is 7. The second-order valence-electron chi connectivity index (χ2n) is 22.1. The normalized spacial score (nSPS) is 13.0. The van der Waals surface area contributed by atoms with Gasteiger partial charge in [-0.3, -0.25) is 4.79 Å². The molecule has 0 bridgehead atoms. The van der Waals surface area contributed by atoms with Crippen LogP contribution in [0.5, 0.6) is 0 Å². The molecule has 0 aliphatic heterocycles. The highest BCUT2D eigenvalue weighted by atomic mass is 127. The minimum absolute atomic E-state index is 0.0289. The highest BCUT2D eigenvalue weighted by Gasteiger charge is 2.31. The van der Waals surface area contributed by atoms with Crippen molar-refractivity contribution in [2.45, 2.75) is 113 Å². The Kier molecular flexibility index (Phi) is 38.2. The van der Waals surface area contributed by atoms with Crippen LogP contribution >= 0.6 is 29.5 Å².